The molecular formula is C82H126N12O22. The first-order valence-electron chi connectivity index (χ1n) is 40.8. The molecule has 3 aliphatic heterocycles. The predicted molar refractivity (Wildman–Crippen MR) is 430 cm³/mol. The number of ketones is 1. The van der Waals surface area contributed by atoms with Crippen molar-refractivity contribution in [3.63, 3.8) is 0 Å². The molecule has 16 atom stereocenters. The van der Waals surface area contributed by atoms with Gasteiger partial charge in [-0.2, -0.15) is 10.1 Å². The number of oxazole rings is 1. The minimum atomic E-state index is -2.49. The number of amides is 3. The lowest BCUT2D eigenvalue weighted by Crippen LogP contribution is -2.61. The molecule has 2 saturated heterocycles. The number of fused-ring (bicyclic) bond motifs is 5. The number of hydrogen-bond acceptors (Lipinski definition) is 30. The van der Waals surface area contributed by atoms with Gasteiger partial charge in [0.1, 0.15) is 47.7 Å². The lowest BCUT2D eigenvalue weighted by atomic mass is 9.80. The van der Waals surface area contributed by atoms with E-state index in [0.29, 0.717) is 170 Å². The van der Waals surface area contributed by atoms with Gasteiger partial charge in [0, 0.05) is 89.0 Å². The van der Waals surface area contributed by atoms with Gasteiger partial charge in [-0.05, 0) is 132 Å². The molecule has 4 aromatic rings. The zero-order chi connectivity index (χ0) is 83.7. The predicted octanol–water partition coefficient (Wildman–Crippen LogP) is 5.13. The summed E-state index contributed by atoms with van der Waals surface area (Å²) in [5.41, 5.74) is 23.3. The van der Waals surface area contributed by atoms with Crippen LogP contribution in [0.4, 0.5) is 11.8 Å². The molecule has 34 nitrogen and oxygen atoms in total. The Morgan fingerprint density at radius 2 is 1.43 bits per heavy atom. The van der Waals surface area contributed by atoms with Crippen LogP contribution in [0.1, 0.15) is 138 Å². The summed E-state index contributed by atoms with van der Waals surface area (Å²) in [6, 6.07) is 3.46. The molecule has 3 fully saturated rings. The van der Waals surface area contributed by atoms with Gasteiger partial charge < -0.3 is 115 Å². The highest BCUT2D eigenvalue weighted by Gasteiger charge is 2.53. The lowest BCUT2D eigenvalue weighted by Gasteiger charge is -2.42. The summed E-state index contributed by atoms with van der Waals surface area (Å²) in [5, 5.41) is 74.0. The zero-order valence-corrected chi connectivity index (χ0v) is 68.6. The fraction of sp³-hybridized carbons (Fsp3) is 0.683. The minimum Gasteiger partial charge on any atom is -0.459 e. The zero-order valence-electron chi connectivity index (χ0n) is 68.6. The number of allylic oxidation sites excluding steroid dienone is 5. The summed E-state index contributed by atoms with van der Waals surface area (Å²) in [6.45, 7) is 15.2. The van der Waals surface area contributed by atoms with Crippen molar-refractivity contribution in [2.24, 2.45) is 40.5 Å². The van der Waals surface area contributed by atoms with Gasteiger partial charge in [0.05, 0.1) is 121 Å². The molecule has 0 unspecified atom stereocenters. The van der Waals surface area contributed by atoms with Crippen molar-refractivity contribution in [3.8, 4) is 11.3 Å². The molecule has 0 radical (unpaired) electrons. The van der Waals surface area contributed by atoms with E-state index in [9.17, 15) is 49.5 Å². The van der Waals surface area contributed by atoms with Crippen molar-refractivity contribution in [2.45, 2.75) is 211 Å². The first kappa shape index (κ1) is 93.7. The maximum absolute atomic E-state index is 14.6. The third kappa shape index (κ3) is 28.5. The molecule has 1 aliphatic carbocycles. The van der Waals surface area contributed by atoms with Crippen molar-refractivity contribution < 1.29 is 106 Å². The Kier molecular flexibility index (Phi) is 39.0. The normalized spacial score (nSPS) is 28.8. The SMILES string of the molecule is CO[C@H]1C[C@@H]2CC[C@@H](C)[C@@](O)(O2)C(=O)C(=O)N2CCCC[C@H]2C(=O)O[C@H]([C@H](N)C[C@@H]2CC[C@@H](O)[C@H](OC)C2)C[C@@H](O)[C@H](C)/C=C(\C)[C@@H](O)[C@@H](O)/C(=N/OCC(=O)NCCOCCOCCOCCOCCOCCOCCC(=O)NCCCCn2nc(-c3ccc4oc(N)nc4c3)c3c(N)ncnc32)[C@H](C)C[C@H](C)/C=C/C=C/C=C/1C. The first-order valence-corrected chi connectivity index (χ1v) is 40.8. The van der Waals surface area contributed by atoms with Crippen molar-refractivity contribution in [2.75, 3.05) is 131 Å². The van der Waals surface area contributed by atoms with E-state index in [1.165, 1.54) is 13.4 Å². The highest BCUT2D eigenvalue weighted by molar-refractivity contribution is 6.39. The van der Waals surface area contributed by atoms with E-state index >= 15 is 0 Å². The summed E-state index contributed by atoms with van der Waals surface area (Å²) in [7, 11) is 3.08. The Balaban J connectivity index is 0.725. The molecule has 13 N–H and O–H groups in total. The molecule has 116 heavy (non-hydrogen) atoms. The number of nitrogens with one attached hydrogen (secondary N) is 2. The van der Waals surface area contributed by atoms with Crippen LogP contribution in [-0.2, 0) is 82.7 Å². The fourth-order valence-electron chi connectivity index (χ4n) is 15.0. The third-order valence-electron chi connectivity index (χ3n) is 21.8. The topological polar surface area (TPSA) is 475 Å². The summed E-state index contributed by atoms with van der Waals surface area (Å²) in [5.74, 6) is -8.03. The monoisotopic (exact) mass is 1630 g/mol. The maximum Gasteiger partial charge on any atom is 0.329 e. The van der Waals surface area contributed by atoms with E-state index in [1.807, 2.05) is 63.3 Å². The maximum atomic E-state index is 14.6. The van der Waals surface area contributed by atoms with Crippen LogP contribution in [0.3, 0.4) is 0 Å². The second-order valence-electron chi connectivity index (χ2n) is 30.8. The van der Waals surface area contributed by atoms with Gasteiger partial charge in [-0.25, -0.2) is 19.4 Å². The Morgan fingerprint density at radius 3 is 2.13 bits per heavy atom. The highest BCUT2D eigenvalue weighted by Crippen LogP contribution is 2.39. The number of ether oxygens (including phenoxy) is 10. The highest BCUT2D eigenvalue weighted by atomic mass is 16.6. The number of rotatable bonds is 35. The van der Waals surface area contributed by atoms with Crippen LogP contribution in [0.15, 0.2) is 81.7 Å². The quantitative estimate of drug-likeness (QED) is 0.00938. The van der Waals surface area contributed by atoms with Crippen LogP contribution in [-0.4, -0.2) is 277 Å². The number of oxime groups is 1. The summed E-state index contributed by atoms with van der Waals surface area (Å²) in [4.78, 5) is 88.5. The molecule has 0 spiro atoms. The molecule has 34 heteroatoms. The molecule has 1 saturated carbocycles. The van der Waals surface area contributed by atoms with Gasteiger partial charge in [-0.15, -0.1) is 0 Å². The number of Topliss-reactive ketones (excluding diaryl/α,β-unsaturated/α-hetero) is 1. The molecule has 4 aliphatic rings. The van der Waals surface area contributed by atoms with E-state index in [4.69, 9.17) is 78.9 Å². The number of carbonyl (C=O) groups excluding carboxylic acids is 5. The van der Waals surface area contributed by atoms with Gasteiger partial charge >= 0.3 is 5.97 Å². The van der Waals surface area contributed by atoms with Crippen molar-refractivity contribution in [1.29, 1.82) is 0 Å². The number of unbranched alkanes of at least 4 members (excludes halogenated alkanes) is 1. The molecule has 8 rings (SSSR count). The fourth-order valence-corrected chi connectivity index (χ4v) is 15.0. The standard InChI is InChI=1S/C82H126N12O22/c1-51-16-10-9-11-17-52(2)66(105-7)47-59-22-19-56(6)82(104,116-59)76(101)79(102)93-28-14-12-18-62(93)80(103)114-67(60(83)44-57-20-23-63(95)68(45-57)106-8)48-64(96)53(3)43-55(5)74(99)75(100)72(54(4)42-51)92-113-49-70(98)87-27-31-108-33-35-110-37-39-112-41-40-111-38-36-109-34-32-107-30-25-69(97)86-26-13-15-29-94-78-71(77(84)88-50-89-78)73(91-94)58-21-24-65-61(46-58)90-81(85)115-65/h9-11,16-17,21,24,43,46,50-51,53-54,56-57,59-60,62-64,66-68,74-75,95-96,99-100,104H,12-15,18-20,22-23,25-42,44-45,47-49,83H2,1-8H3,(H2,85,90)(H,86,97)(H,87,98)(H2,84,88,89)/b11-9+,16-10+,52-17+,55-43+,92-72+/t51-,53-,54-,56-,57+,59+,60-,62+,63-,64-,66+,67+,68-,74-,75+,82-/m1/s1. The second-order valence-corrected chi connectivity index (χ2v) is 30.8. The Labute approximate surface area is 678 Å². The number of aliphatic hydroxyl groups is 5. The number of aliphatic hydroxyl groups excluding tert-OH is 4. The Morgan fingerprint density at radius 1 is 0.741 bits per heavy atom. The Bertz CT molecular complexity index is 3890. The molecule has 1 aromatic carbocycles. The van der Waals surface area contributed by atoms with Gasteiger partial charge in [-0.3, -0.25) is 19.2 Å². The number of cyclic esters (lactones) is 1. The smallest absolute Gasteiger partial charge is 0.329 e. The van der Waals surface area contributed by atoms with Crippen LogP contribution in [0.5, 0.6) is 0 Å². The summed E-state index contributed by atoms with van der Waals surface area (Å²) >= 11 is 0. The van der Waals surface area contributed by atoms with E-state index in [2.05, 4.69) is 30.7 Å². The van der Waals surface area contributed by atoms with Crippen molar-refractivity contribution in [1.82, 2.24) is 40.3 Å². The second kappa shape index (κ2) is 48.3. The van der Waals surface area contributed by atoms with Crippen LogP contribution in [0, 0.1) is 29.6 Å². The van der Waals surface area contributed by atoms with Crippen molar-refractivity contribution in [3.05, 3.63) is 72.1 Å². The molecule has 6 heterocycles. The van der Waals surface area contributed by atoms with Crippen molar-refractivity contribution >= 4 is 69.2 Å². The van der Waals surface area contributed by atoms with E-state index in [-0.39, 0.29) is 93.6 Å². The number of nitrogens with two attached hydrogens (primary N) is 3. The number of benzene rings is 1. The van der Waals surface area contributed by atoms with Crippen LogP contribution < -0.4 is 27.8 Å². The van der Waals surface area contributed by atoms with E-state index in [0.717, 1.165) is 22.5 Å². The molecular weight excluding hydrogens is 1500 g/mol. The number of esters is 1. The largest absolute Gasteiger partial charge is 0.459 e. The number of nitrogen functional groups attached to an aromatic ring is 2. The molecule has 646 valence electrons. The van der Waals surface area contributed by atoms with Gasteiger partial charge in [-0.1, -0.05) is 69.3 Å². The van der Waals surface area contributed by atoms with Gasteiger partial charge in [0.15, 0.2) is 17.8 Å². The molecule has 3 amide bonds. The lowest BCUT2D eigenvalue weighted by molar-refractivity contribution is -0.265. The number of nitrogens with zero attached hydrogens (tertiary/aromatic N) is 7. The average Bonchev–Trinajstić information content (AvgIpc) is 1.45. The molecule has 3 aromatic heterocycles. The number of piperidine rings is 1. The Hall–Kier alpha value is -7.78. The number of hydrogen-bond donors (Lipinski definition) is 10. The third-order valence-corrected chi connectivity index (χ3v) is 21.8. The van der Waals surface area contributed by atoms with E-state index < -0.39 is 115 Å². The van der Waals surface area contributed by atoms with Crippen LogP contribution >= 0.6 is 0 Å². The first-order chi connectivity index (χ1) is 55.8. The number of anilines is 2. The minimum absolute atomic E-state index is 0.0295. The van der Waals surface area contributed by atoms with Gasteiger partial charge in [0.25, 0.3) is 23.6 Å². The summed E-state index contributed by atoms with van der Waals surface area (Å²) < 4.78 is 64.7. The van der Waals surface area contributed by atoms with E-state index in [1.54, 1.807) is 44.7 Å². The summed E-state index contributed by atoms with van der Waals surface area (Å²) in [6.07, 6.45) is 10.7. The van der Waals surface area contributed by atoms with Gasteiger partial charge in [0.2, 0.25) is 11.7 Å². The molecule has 2 bridgehead atoms. The number of aromatic nitrogens is 5. The number of carbonyl (C=O) groups is 5. The number of methoxy groups -OCH3 is 2. The van der Waals surface area contributed by atoms with Crippen LogP contribution in [0.2, 0.25) is 0 Å². The average molecular weight is 1630 g/mol. The van der Waals surface area contributed by atoms with Crippen LogP contribution in [0.25, 0.3) is 33.4 Å². The number of aryl methyl sites for hydroxylation is 1.